The molecule has 0 spiro atoms. The number of esters is 1. The van der Waals surface area contributed by atoms with E-state index in [9.17, 15) is 14.7 Å². The highest BCUT2D eigenvalue weighted by molar-refractivity contribution is 5.83. The Morgan fingerprint density at radius 3 is 2.79 bits per heavy atom. The SMILES string of the molecule is CCOC(=O)/C=C(/C)N[C@@H](C(=O)O)C1=CCC=CC1. The van der Waals surface area contributed by atoms with Gasteiger partial charge in [0, 0.05) is 11.8 Å². The van der Waals surface area contributed by atoms with E-state index < -0.39 is 18.0 Å². The summed E-state index contributed by atoms with van der Waals surface area (Å²) in [7, 11) is 0. The Bertz CT molecular complexity index is 435. The van der Waals surface area contributed by atoms with Crippen LogP contribution in [0.3, 0.4) is 0 Å². The van der Waals surface area contributed by atoms with Gasteiger partial charge >= 0.3 is 11.9 Å². The lowest BCUT2D eigenvalue weighted by Gasteiger charge is -2.20. The van der Waals surface area contributed by atoms with Crippen molar-refractivity contribution in [1.82, 2.24) is 5.32 Å². The molecule has 0 bridgehead atoms. The average molecular weight is 265 g/mol. The van der Waals surface area contributed by atoms with Gasteiger partial charge < -0.3 is 15.2 Å². The van der Waals surface area contributed by atoms with Crippen LogP contribution in [0.1, 0.15) is 26.7 Å². The van der Waals surface area contributed by atoms with Crippen molar-refractivity contribution in [2.45, 2.75) is 32.7 Å². The number of hydrogen-bond acceptors (Lipinski definition) is 4. The molecule has 1 aliphatic rings. The first kappa shape index (κ1) is 15.0. The quantitative estimate of drug-likeness (QED) is 0.435. The van der Waals surface area contributed by atoms with Crippen molar-refractivity contribution in [2.75, 3.05) is 6.61 Å². The zero-order chi connectivity index (χ0) is 14.3. The molecular weight excluding hydrogens is 246 g/mol. The Kier molecular flexibility index (Phi) is 5.85. The summed E-state index contributed by atoms with van der Waals surface area (Å²) in [6, 6.07) is -0.810. The highest BCUT2D eigenvalue weighted by atomic mass is 16.5. The maximum absolute atomic E-state index is 11.3. The summed E-state index contributed by atoms with van der Waals surface area (Å²) in [6.45, 7) is 3.65. The second-order valence-electron chi connectivity index (χ2n) is 4.19. The van der Waals surface area contributed by atoms with Crippen LogP contribution in [0.25, 0.3) is 0 Å². The lowest BCUT2D eigenvalue weighted by atomic mass is 9.98. The van der Waals surface area contributed by atoms with Crippen molar-refractivity contribution in [3.63, 3.8) is 0 Å². The minimum Gasteiger partial charge on any atom is -0.479 e. The van der Waals surface area contributed by atoms with E-state index in [0.29, 0.717) is 18.7 Å². The number of carbonyl (C=O) groups excluding carboxylic acids is 1. The number of nitrogens with one attached hydrogen (secondary N) is 1. The van der Waals surface area contributed by atoms with Crippen molar-refractivity contribution in [3.8, 4) is 0 Å². The topological polar surface area (TPSA) is 75.6 Å². The predicted molar refractivity (Wildman–Crippen MR) is 71.4 cm³/mol. The second-order valence-corrected chi connectivity index (χ2v) is 4.19. The molecule has 1 atom stereocenters. The van der Waals surface area contributed by atoms with Gasteiger partial charge in [-0.05, 0) is 32.3 Å². The molecule has 5 heteroatoms. The van der Waals surface area contributed by atoms with Gasteiger partial charge in [-0.1, -0.05) is 18.2 Å². The molecular formula is C14H19NO4. The first-order chi connectivity index (χ1) is 9.04. The maximum atomic E-state index is 11.3. The van der Waals surface area contributed by atoms with Crippen molar-refractivity contribution in [3.05, 3.63) is 35.6 Å². The lowest BCUT2D eigenvalue weighted by Crippen LogP contribution is -2.37. The van der Waals surface area contributed by atoms with Gasteiger partial charge in [0.2, 0.25) is 0 Å². The highest BCUT2D eigenvalue weighted by Gasteiger charge is 2.22. The summed E-state index contributed by atoms with van der Waals surface area (Å²) in [5, 5.41) is 12.1. The van der Waals surface area contributed by atoms with Crippen LogP contribution in [0, 0.1) is 0 Å². The van der Waals surface area contributed by atoms with Gasteiger partial charge in [-0.2, -0.15) is 0 Å². The fourth-order valence-corrected chi connectivity index (χ4v) is 1.80. The number of carbonyl (C=O) groups is 2. The molecule has 1 rings (SSSR count). The van der Waals surface area contributed by atoms with Gasteiger partial charge in [0.1, 0.15) is 6.04 Å². The van der Waals surface area contributed by atoms with E-state index >= 15 is 0 Å². The Morgan fingerprint density at radius 2 is 2.26 bits per heavy atom. The molecule has 0 saturated heterocycles. The molecule has 0 aromatic heterocycles. The molecule has 0 aromatic rings. The van der Waals surface area contributed by atoms with E-state index in [-0.39, 0.29) is 0 Å². The molecule has 0 amide bonds. The molecule has 0 unspecified atom stereocenters. The Balaban J connectivity index is 2.71. The smallest absolute Gasteiger partial charge is 0.332 e. The van der Waals surface area contributed by atoms with Crippen LogP contribution in [-0.4, -0.2) is 29.7 Å². The molecule has 0 aliphatic heterocycles. The van der Waals surface area contributed by atoms with Gasteiger partial charge in [0.15, 0.2) is 0 Å². The maximum Gasteiger partial charge on any atom is 0.332 e. The average Bonchev–Trinajstić information content (AvgIpc) is 2.37. The first-order valence-electron chi connectivity index (χ1n) is 6.23. The van der Waals surface area contributed by atoms with Gasteiger partial charge in [-0.15, -0.1) is 0 Å². The molecule has 0 heterocycles. The Labute approximate surface area is 112 Å². The Morgan fingerprint density at radius 1 is 1.53 bits per heavy atom. The number of ether oxygens (including phenoxy) is 1. The lowest BCUT2D eigenvalue weighted by molar-refractivity contribution is -0.139. The normalized spacial score (nSPS) is 16.5. The summed E-state index contributed by atoms with van der Waals surface area (Å²) in [4.78, 5) is 22.5. The number of carboxylic acids is 1. The van der Waals surface area contributed by atoms with E-state index in [1.54, 1.807) is 13.8 Å². The minimum absolute atomic E-state index is 0.293. The fraction of sp³-hybridized carbons (Fsp3) is 0.429. The van der Waals surface area contributed by atoms with Crippen LogP contribution >= 0.6 is 0 Å². The van der Waals surface area contributed by atoms with Gasteiger partial charge in [0.25, 0.3) is 0 Å². The van der Waals surface area contributed by atoms with Crippen LogP contribution < -0.4 is 5.32 Å². The van der Waals surface area contributed by atoms with Crippen molar-refractivity contribution in [2.24, 2.45) is 0 Å². The molecule has 1 aliphatic carbocycles. The number of allylic oxidation sites excluding steroid dienone is 4. The van der Waals surface area contributed by atoms with Crippen molar-refractivity contribution >= 4 is 11.9 Å². The monoisotopic (exact) mass is 265 g/mol. The van der Waals surface area contributed by atoms with Crippen molar-refractivity contribution < 1.29 is 19.4 Å². The van der Waals surface area contributed by atoms with E-state index in [1.165, 1.54) is 6.08 Å². The highest BCUT2D eigenvalue weighted by Crippen LogP contribution is 2.16. The van der Waals surface area contributed by atoms with Gasteiger partial charge in [-0.25, -0.2) is 9.59 Å². The number of aliphatic carboxylic acids is 1. The van der Waals surface area contributed by atoms with Crippen LogP contribution in [0.15, 0.2) is 35.6 Å². The molecule has 5 nitrogen and oxygen atoms in total. The summed E-state index contributed by atoms with van der Waals surface area (Å²) in [5.41, 5.74) is 1.27. The second kappa shape index (κ2) is 7.41. The first-order valence-corrected chi connectivity index (χ1v) is 6.23. The zero-order valence-corrected chi connectivity index (χ0v) is 11.2. The number of rotatable bonds is 6. The molecule has 2 N–H and O–H groups in total. The van der Waals surface area contributed by atoms with Crippen molar-refractivity contribution in [1.29, 1.82) is 0 Å². The Hall–Kier alpha value is -2.04. The summed E-state index contributed by atoms with van der Waals surface area (Å²) in [5.74, 6) is -1.44. The summed E-state index contributed by atoms with van der Waals surface area (Å²) in [6.07, 6.45) is 8.43. The van der Waals surface area contributed by atoms with Crippen LogP contribution in [0.4, 0.5) is 0 Å². The molecule has 0 aromatic carbocycles. The molecule has 19 heavy (non-hydrogen) atoms. The van der Waals surface area contributed by atoms with Crippen LogP contribution in [0.5, 0.6) is 0 Å². The third kappa shape index (κ3) is 4.99. The minimum atomic E-state index is -0.960. The molecule has 104 valence electrons. The van der Waals surface area contributed by atoms with E-state index in [4.69, 9.17) is 4.74 Å². The number of hydrogen-bond donors (Lipinski definition) is 2. The van der Waals surface area contributed by atoms with Crippen LogP contribution in [0.2, 0.25) is 0 Å². The van der Waals surface area contributed by atoms with Gasteiger partial charge in [-0.3, -0.25) is 0 Å². The van der Waals surface area contributed by atoms with Crippen LogP contribution in [-0.2, 0) is 14.3 Å². The third-order valence-electron chi connectivity index (χ3n) is 2.65. The standard InChI is InChI=1S/C14H19NO4/c1-3-19-12(16)9-10(2)15-13(14(17)18)11-7-5-4-6-8-11/h4-5,8-9,13,15H,3,6-7H2,1-2H3,(H,17,18)/b10-9-/t13-/m1/s1. The van der Waals surface area contributed by atoms with E-state index in [0.717, 1.165) is 12.0 Å². The summed E-state index contributed by atoms with van der Waals surface area (Å²) < 4.78 is 4.77. The molecule has 0 saturated carbocycles. The third-order valence-corrected chi connectivity index (χ3v) is 2.65. The van der Waals surface area contributed by atoms with E-state index in [1.807, 2.05) is 18.2 Å². The molecule has 0 fully saturated rings. The molecule has 0 radical (unpaired) electrons. The largest absolute Gasteiger partial charge is 0.479 e. The number of carboxylic acid groups (broad SMARTS) is 1. The van der Waals surface area contributed by atoms with E-state index in [2.05, 4.69) is 5.32 Å². The summed E-state index contributed by atoms with van der Waals surface area (Å²) >= 11 is 0. The van der Waals surface area contributed by atoms with Gasteiger partial charge in [0.05, 0.1) is 6.61 Å². The fourth-order valence-electron chi connectivity index (χ4n) is 1.80. The zero-order valence-electron chi connectivity index (χ0n) is 11.2. The predicted octanol–water partition coefficient (Wildman–Crippen LogP) is 1.77.